The van der Waals surface area contributed by atoms with Crippen molar-refractivity contribution in [2.24, 2.45) is 0 Å². The fourth-order valence-electron chi connectivity index (χ4n) is 2.65. The van der Waals surface area contributed by atoms with Crippen LogP contribution in [0.5, 0.6) is 0 Å². The van der Waals surface area contributed by atoms with E-state index in [1.807, 2.05) is 37.3 Å². The third-order valence-electron chi connectivity index (χ3n) is 3.92. The Morgan fingerprint density at radius 1 is 1.00 bits per heavy atom. The fourth-order valence-corrected chi connectivity index (χ4v) is 2.65. The highest BCUT2D eigenvalue weighted by molar-refractivity contribution is 5.50. The van der Waals surface area contributed by atoms with E-state index in [0.29, 0.717) is 6.54 Å². The van der Waals surface area contributed by atoms with Crippen LogP contribution in [-0.2, 0) is 13.1 Å². The molecule has 0 saturated carbocycles. The predicted molar refractivity (Wildman–Crippen MR) is 101 cm³/mol. The molecule has 2 aromatic heterocycles. The molecule has 0 fully saturated rings. The second kappa shape index (κ2) is 8.24. The standard InChI is InChI=1S/C20H23N5/c1-3-25(15-17-9-5-4-6-10-17)20-13-19(23-16(2)24-20)22-14-18-11-7-8-12-21-18/h4-13H,3,14-15H2,1-2H3,(H,22,23,24). The van der Waals surface area contributed by atoms with Crippen LogP contribution in [-0.4, -0.2) is 21.5 Å². The molecule has 0 aliphatic rings. The van der Waals surface area contributed by atoms with E-state index in [4.69, 9.17) is 0 Å². The highest BCUT2D eigenvalue weighted by Gasteiger charge is 2.10. The van der Waals surface area contributed by atoms with Gasteiger partial charge in [0.1, 0.15) is 17.5 Å². The van der Waals surface area contributed by atoms with Crippen molar-refractivity contribution >= 4 is 11.6 Å². The van der Waals surface area contributed by atoms with Crippen molar-refractivity contribution in [3.63, 3.8) is 0 Å². The maximum atomic E-state index is 4.62. The summed E-state index contributed by atoms with van der Waals surface area (Å²) in [5.74, 6) is 2.51. The van der Waals surface area contributed by atoms with Crippen LogP contribution in [0.3, 0.4) is 0 Å². The Bertz CT molecular complexity index is 790. The minimum absolute atomic E-state index is 0.640. The topological polar surface area (TPSA) is 53.9 Å². The third-order valence-corrected chi connectivity index (χ3v) is 3.92. The second-order valence-corrected chi connectivity index (χ2v) is 5.83. The maximum Gasteiger partial charge on any atom is 0.134 e. The number of anilines is 2. The second-order valence-electron chi connectivity index (χ2n) is 5.83. The number of rotatable bonds is 7. The molecule has 0 spiro atoms. The largest absolute Gasteiger partial charge is 0.364 e. The zero-order chi connectivity index (χ0) is 17.5. The van der Waals surface area contributed by atoms with Crippen LogP contribution in [0.1, 0.15) is 24.0 Å². The number of benzene rings is 1. The molecule has 25 heavy (non-hydrogen) atoms. The van der Waals surface area contributed by atoms with Crippen molar-refractivity contribution in [1.29, 1.82) is 0 Å². The molecule has 128 valence electrons. The van der Waals surface area contributed by atoms with E-state index in [0.717, 1.165) is 36.2 Å². The molecule has 0 unspecified atom stereocenters. The molecule has 3 aromatic rings. The Morgan fingerprint density at radius 3 is 2.52 bits per heavy atom. The highest BCUT2D eigenvalue weighted by Crippen LogP contribution is 2.18. The Morgan fingerprint density at radius 2 is 1.80 bits per heavy atom. The number of aromatic nitrogens is 3. The third kappa shape index (κ3) is 4.76. The fraction of sp³-hybridized carbons (Fsp3) is 0.250. The van der Waals surface area contributed by atoms with Crippen molar-refractivity contribution in [3.05, 3.63) is 77.9 Å². The lowest BCUT2D eigenvalue weighted by Gasteiger charge is -2.23. The van der Waals surface area contributed by atoms with Gasteiger partial charge in [-0.3, -0.25) is 4.98 Å². The summed E-state index contributed by atoms with van der Waals surface area (Å²) in [6.07, 6.45) is 1.80. The molecular formula is C20H23N5. The van der Waals surface area contributed by atoms with E-state index < -0.39 is 0 Å². The average Bonchev–Trinajstić information content (AvgIpc) is 2.66. The number of aryl methyl sites for hydroxylation is 1. The number of hydrogen-bond donors (Lipinski definition) is 1. The minimum Gasteiger partial charge on any atom is -0.364 e. The first kappa shape index (κ1) is 16.9. The molecule has 5 heteroatoms. The van der Waals surface area contributed by atoms with Crippen molar-refractivity contribution in [2.45, 2.75) is 26.9 Å². The van der Waals surface area contributed by atoms with Crippen molar-refractivity contribution < 1.29 is 0 Å². The monoisotopic (exact) mass is 333 g/mol. The van der Waals surface area contributed by atoms with Gasteiger partial charge in [0.25, 0.3) is 0 Å². The number of nitrogens with one attached hydrogen (secondary N) is 1. The van der Waals surface area contributed by atoms with Crippen LogP contribution in [0, 0.1) is 6.92 Å². The first-order valence-electron chi connectivity index (χ1n) is 8.53. The van der Waals surface area contributed by atoms with E-state index >= 15 is 0 Å². The zero-order valence-corrected chi connectivity index (χ0v) is 14.7. The quantitative estimate of drug-likeness (QED) is 0.712. The molecule has 1 aromatic carbocycles. The smallest absolute Gasteiger partial charge is 0.134 e. The lowest BCUT2D eigenvalue weighted by molar-refractivity contribution is 0.804. The molecular weight excluding hydrogens is 310 g/mol. The molecule has 0 atom stereocenters. The summed E-state index contributed by atoms with van der Waals surface area (Å²) in [6, 6.07) is 18.3. The SMILES string of the molecule is CCN(Cc1ccccc1)c1cc(NCc2ccccn2)nc(C)n1. The summed E-state index contributed by atoms with van der Waals surface area (Å²) >= 11 is 0. The van der Waals surface area contributed by atoms with Gasteiger partial charge in [-0.25, -0.2) is 9.97 Å². The molecule has 2 heterocycles. The molecule has 5 nitrogen and oxygen atoms in total. The Kier molecular flexibility index (Phi) is 5.57. The Balaban J connectivity index is 1.75. The van der Waals surface area contributed by atoms with Gasteiger partial charge in [0.15, 0.2) is 0 Å². The van der Waals surface area contributed by atoms with Gasteiger partial charge in [0.2, 0.25) is 0 Å². The van der Waals surface area contributed by atoms with Gasteiger partial charge >= 0.3 is 0 Å². The van der Waals surface area contributed by atoms with E-state index in [1.54, 1.807) is 6.20 Å². The number of pyridine rings is 1. The zero-order valence-electron chi connectivity index (χ0n) is 14.7. The molecule has 3 rings (SSSR count). The number of hydrogen-bond acceptors (Lipinski definition) is 5. The lowest BCUT2D eigenvalue weighted by Crippen LogP contribution is -2.23. The van der Waals surface area contributed by atoms with Crippen LogP contribution in [0.25, 0.3) is 0 Å². The summed E-state index contributed by atoms with van der Waals surface area (Å²) in [7, 11) is 0. The van der Waals surface area contributed by atoms with E-state index in [9.17, 15) is 0 Å². The first-order chi connectivity index (χ1) is 12.2. The van der Waals surface area contributed by atoms with Gasteiger partial charge in [0.05, 0.1) is 12.2 Å². The summed E-state index contributed by atoms with van der Waals surface area (Å²) < 4.78 is 0. The molecule has 1 N–H and O–H groups in total. The van der Waals surface area contributed by atoms with E-state index in [2.05, 4.69) is 56.4 Å². The molecule has 0 saturated heterocycles. The molecule has 0 aliphatic heterocycles. The van der Waals surface area contributed by atoms with Gasteiger partial charge in [-0.1, -0.05) is 36.4 Å². The molecule has 0 bridgehead atoms. The number of nitrogens with zero attached hydrogens (tertiary/aromatic N) is 4. The summed E-state index contributed by atoms with van der Waals surface area (Å²) in [5.41, 5.74) is 2.25. The first-order valence-corrected chi connectivity index (χ1v) is 8.53. The van der Waals surface area contributed by atoms with Gasteiger partial charge in [-0.15, -0.1) is 0 Å². The van der Waals surface area contributed by atoms with Gasteiger partial charge in [0, 0.05) is 25.4 Å². The van der Waals surface area contributed by atoms with Crippen LogP contribution >= 0.6 is 0 Å². The van der Waals surface area contributed by atoms with Crippen LogP contribution < -0.4 is 10.2 Å². The minimum atomic E-state index is 0.640. The van der Waals surface area contributed by atoms with E-state index in [1.165, 1.54) is 5.56 Å². The normalized spacial score (nSPS) is 10.5. The lowest BCUT2D eigenvalue weighted by atomic mass is 10.2. The van der Waals surface area contributed by atoms with Crippen LogP contribution in [0.2, 0.25) is 0 Å². The van der Waals surface area contributed by atoms with Gasteiger partial charge in [-0.05, 0) is 31.5 Å². The van der Waals surface area contributed by atoms with Crippen molar-refractivity contribution in [2.75, 3.05) is 16.8 Å². The maximum absolute atomic E-state index is 4.62. The summed E-state index contributed by atoms with van der Waals surface area (Å²) in [5, 5.41) is 3.34. The highest BCUT2D eigenvalue weighted by atomic mass is 15.2. The summed E-state index contributed by atoms with van der Waals surface area (Å²) in [6.45, 7) is 6.41. The van der Waals surface area contributed by atoms with E-state index in [-0.39, 0.29) is 0 Å². The summed E-state index contributed by atoms with van der Waals surface area (Å²) in [4.78, 5) is 15.7. The van der Waals surface area contributed by atoms with Gasteiger partial charge < -0.3 is 10.2 Å². The van der Waals surface area contributed by atoms with Gasteiger partial charge in [-0.2, -0.15) is 0 Å². The Hall–Kier alpha value is -2.95. The molecule has 0 radical (unpaired) electrons. The van der Waals surface area contributed by atoms with Crippen molar-refractivity contribution in [1.82, 2.24) is 15.0 Å². The van der Waals surface area contributed by atoms with Crippen molar-refractivity contribution in [3.8, 4) is 0 Å². The van der Waals surface area contributed by atoms with Crippen LogP contribution in [0.15, 0.2) is 60.8 Å². The molecule has 0 aliphatic carbocycles. The average molecular weight is 333 g/mol. The van der Waals surface area contributed by atoms with Crippen LogP contribution in [0.4, 0.5) is 11.6 Å². The Labute approximate surface area is 148 Å². The molecule has 0 amide bonds. The predicted octanol–water partition coefficient (Wildman–Crippen LogP) is 3.82.